The standard InChI is InChI=1S/C10H17/c1-7-8-4-5-9(6-8)10(7,2)3/h8-9H,4-6H2,1-3H3/q-1. The summed E-state index contributed by atoms with van der Waals surface area (Å²) in [6.45, 7) is 7.21. The van der Waals surface area contributed by atoms with Crippen LogP contribution in [0.3, 0.4) is 0 Å². The summed E-state index contributed by atoms with van der Waals surface area (Å²) in [5, 5.41) is 0. The molecule has 0 radical (unpaired) electrons. The molecule has 0 nitrogen and oxygen atoms in total. The van der Waals surface area contributed by atoms with Gasteiger partial charge < -0.3 is 5.92 Å². The highest BCUT2D eigenvalue weighted by molar-refractivity contribution is 5.16. The Kier molecular flexibility index (Phi) is 1.19. The predicted molar refractivity (Wildman–Crippen MR) is 43.5 cm³/mol. The third-order valence-corrected chi connectivity index (χ3v) is 4.08. The molecule has 0 amide bonds. The van der Waals surface area contributed by atoms with Gasteiger partial charge in [0.25, 0.3) is 0 Å². The molecule has 0 spiro atoms. The largest absolute Gasteiger partial charge is 0.308 e. The van der Waals surface area contributed by atoms with Crippen LogP contribution < -0.4 is 0 Å². The smallest absolute Gasteiger partial charge is 0.0547 e. The number of fused-ring (bicyclic) bond motifs is 2. The van der Waals surface area contributed by atoms with E-state index in [1.807, 2.05) is 0 Å². The Bertz CT molecular complexity index is 142. The molecule has 2 bridgehead atoms. The van der Waals surface area contributed by atoms with Gasteiger partial charge in [-0.1, -0.05) is 39.0 Å². The second-order valence-corrected chi connectivity index (χ2v) is 4.61. The lowest BCUT2D eigenvalue weighted by molar-refractivity contribution is 0.249. The third kappa shape index (κ3) is 0.627. The summed E-state index contributed by atoms with van der Waals surface area (Å²) in [6.07, 6.45) is 4.48. The van der Waals surface area contributed by atoms with Crippen molar-refractivity contribution in [3.8, 4) is 0 Å². The molecule has 2 unspecified atom stereocenters. The van der Waals surface area contributed by atoms with Gasteiger partial charge in [-0.15, -0.1) is 0 Å². The average molecular weight is 137 g/mol. The van der Waals surface area contributed by atoms with Crippen LogP contribution in [0, 0.1) is 23.2 Å². The maximum atomic E-state index is 2.42. The first-order valence-corrected chi connectivity index (χ1v) is 4.46. The molecule has 0 aromatic rings. The Morgan fingerprint density at radius 3 is 2.30 bits per heavy atom. The second-order valence-electron chi connectivity index (χ2n) is 4.61. The highest BCUT2D eigenvalue weighted by Crippen LogP contribution is 2.60. The Hall–Kier alpha value is 0. The molecule has 0 heteroatoms. The van der Waals surface area contributed by atoms with E-state index in [0.29, 0.717) is 5.41 Å². The van der Waals surface area contributed by atoms with Crippen molar-refractivity contribution in [2.75, 3.05) is 0 Å². The molecule has 0 heterocycles. The van der Waals surface area contributed by atoms with Gasteiger partial charge in [-0.3, -0.25) is 0 Å². The van der Waals surface area contributed by atoms with Gasteiger partial charge >= 0.3 is 0 Å². The Morgan fingerprint density at radius 1 is 1.30 bits per heavy atom. The highest BCUT2D eigenvalue weighted by atomic mass is 14.5. The van der Waals surface area contributed by atoms with E-state index in [2.05, 4.69) is 20.8 Å². The maximum absolute atomic E-state index is 2.42. The Labute approximate surface area is 64.0 Å². The molecule has 2 fully saturated rings. The first kappa shape index (κ1) is 6.69. The summed E-state index contributed by atoms with van der Waals surface area (Å²) < 4.78 is 0. The van der Waals surface area contributed by atoms with Crippen molar-refractivity contribution < 1.29 is 0 Å². The zero-order chi connectivity index (χ0) is 7.35. The molecular formula is C10H17-. The summed E-state index contributed by atoms with van der Waals surface area (Å²) in [5.41, 5.74) is 0.586. The quantitative estimate of drug-likeness (QED) is 0.450. The summed E-state index contributed by atoms with van der Waals surface area (Å²) in [5.74, 6) is 3.81. The summed E-state index contributed by atoms with van der Waals surface area (Å²) in [7, 11) is 0. The van der Waals surface area contributed by atoms with Crippen molar-refractivity contribution in [1.82, 2.24) is 0 Å². The third-order valence-electron chi connectivity index (χ3n) is 4.08. The molecule has 2 saturated carbocycles. The van der Waals surface area contributed by atoms with Crippen molar-refractivity contribution in [3.05, 3.63) is 5.92 Å². The molecule has 2 atom stereocenters. The minimum atomic E-state index is 0.586. The number of hydrogen-bond acceptors (Lipinski definition) is 0. The highest BCUT2D eigenvalue weighted by Gasteiger charge is 2.40. The minimum Gasteiger partial charge on any atom is -0.308 e. The van der Waals surface area contributed by atoms with Crippen LogP contribution in [-0.2, 0) is 0 Å². The van der Waals surface area contributed by atoms with Crippen molar-refractivity contribution in [2.45, 2.75) is 40.0 Å². The van der Waals surface area contributed by atoms with Gasteiger partial charge in [0.1, 0.15) is 0 Å². The van der Waals surface area contributed by atoms with Crippen molar-refractivity contribution in [1.29, 1.82) is 0 Å². The topological polar surface area (TPSA) is 0 Å². The molecule has 58 valence electrons. The molecule has 0 aromatic carbocycles. The van der Waals surface area contributed by atoms with Gasteiger partial charge in [-0.05, 0) is 0 Å². The first-order chi connectivity index (χ1) is 4.62. The maximum Gasteiger partial charge on any atom is -0.0547 e. The van der Waals surface area contributed by atoms with Crippen LogP contribution in [0.25, 0.3) is 0 Å². The molecule has 0 saturated heterocycles. The zero-order valence-electron chi connectivity index (χ0n) is 7.28. The first-order valence-electron chi connectivity index (χ1n) is 4.46. The lowest BCUT2D eigenvalue weighted by Gasteiger charge is -2.48. The minimum absolute atomic E-state index is 0.586. The zero-order valence-corrected chi connectivity index (χ0v) is 7.28. The van der Waals surface area contributed by atoms with E-state index in [0.717, 1.165) is 11.8 Å². The van der Waals surface area contributed by atoms with Crippen LogP contribution in [0.4, 0.5) is 0 Å². The van der Waals surface area contributed by atoms with Crippen molar-refractivity contribution in [2.24, 2.45) is 17.3 Å². The average Bonchev–Trinajstić information content (AvgIpc) is 2.37. The van der Waals surface area contributed by atoms with Gasteiger partial charge in [0, 0.05) is 0 Å². The molecule has 0 N–H and O–H groups in total. The fourth-order valence-corrected chi connectivity index (χ4v) is 2.88. The van der Waals surface area contributed by atoms with Gasteiger partial charge in [-0.2, -0.15) is 18.3 Å². The van der Waals surface area contributed by atoms with E-state index in [1.165, 1.54) is 19.3 Å². The van der Waals surface area contributed by atoms with Crippen LogP contribution in [0.15, 0.2) is 0 Å². The van der Waals surface area contributed by atoms with E-state index < -0.39 is 0 Å². The fraction of sp³-hybridized carbons (Fsp3) is 0.900. The Balaban J connectivity index is 2.25. The molecule has 0 aliphatic heterocycles. The number of rotatable bonds is 0. The SMILES string of the molecule is C[C-]1C2CCC(C2)C1(C)C. The van der Waals surface area contributed by atoms with Gasteiger partial charge in [0.15, 0.2) is 0 Å². The van der Waals surface area contributed by atoms with Gasteiger partial charge in [0.05, 0.1) is 0 Å². The van der Waals surface area contributed by atoms with E-state index in [1.54, 1.807) is 5.92 Å². The fourth-order valence-electron chi connectivity index (χ4n) is 2.88. The van der Waals surface area contributed by atoms with Crippen molar-refractivity contribution in [3.63, 3.8) is 0 Å². The molecule has 2 aliphatic rings. The van der Waals surface area contributed by atoms with E-state index >= 15 is 0 Å². The van der Waals surface area contributed by atoms with Crippen LogP contribution in [0.5, 0.6) is 0 Å². The summed E-state index contributed by atoms with van der Waals surface area (Å²) in [6, 6.07) is 0. The van der Waals surface area contributed by atoms with Crippen LogP contribution >= 0.6 is 0 Å². The molecule has 0 aromatic heterocycles. The lowest BCUT2D eigenvalue weighted by atomic mass is 9.70. The lowest BCUT2D eigenvalue weighted by Crippen LogP contribution is -2.26. The molecular weight excluding hydrogens is 120 g/mol. The van der Waals surface area contributed by atoms with Crippen molar-refractivity contribution >= 4 is 0 Å². The van der Waals surface area contributed by atoms with Crippen LogP contribution in [0.1, 0.15) is 40.0 Å². The molecule has 10 heavy (non-hydrogen) atoms. The second kappa shape index (κ2) is 1.78. The van der Waals surface area contributed by atoms with E-state index in [4.69, 9.17) is 0 Å². The Morgan fingerprint density at radius 2 is 2.00 bits per heavy atom. The van der Waals surface area contributed by atoms with Gasteiger partial charge in [-0.25, -0.2) is 0 Å². The van der Waals surface area contributed by atoms with Crippen LogP contribution in [-0.4, -0.2) is 0 Å². The van der Waals surface area contributed by atoms with E-state index in [-0.39, 0.29) is 0 Å². The monoisotopic (exact) mass is 137 g/mol. The molecule has 2 aliphatic carbocycles. The summed E-state index contributed by atoms with van der Waals surface area (Å²) in [4.78, 5) is 0. The van der Waals surface area contributed by atoms with E-state index in [9.17, 15) is 0 Å². The predicted octanol–water partition coefficient (Wildman–Crippen LogP) is 3.04. The normalized spacial score (nSPS) is 44.7. The number of hydrogen-bond donors (Lipinski definition) is 0. The van der Waals surface area contributed by atoms with Crippen LogP contribution in [0.2, 0.25) is 0 Å². The molecule has 2 rings (SSSR count). The van der Waals surface area contributed by atoms with Gasteiger partial charge in [0.2, 0.25) is 0 Å². The summed E-state index contributed by atoms with van der Waals surface area (Å²) >= 11 is 0.